The van der Waals surface area contributed by atoms with Crippen LogP contribution in [0.1, 0.15) is 52.1 Å². The van der Waals surface area contributed by atoms with Gasteiger partial charge in [0.1, 0.15) is 6.04 Å². The molecule has 0 saturated heterocycles. The maximum Gasteiger partial charge on any atom is 0.338 e. The molecule has 0 radical (unpaired) electrons. The summed E-state index contributed by atoms with van der Waals surface area (Å²) in [7, 11) is 1.38. The fourth-order valence-electron chi connectivity index (χ4n) is 3.42. The zero-order valence-electron chi connectivity index (χ0n) is 18.7. The van der Waals surface area contributed by atoms with Gasteiger partial charge in [0.25, 0.3) is 0 Å². The summed E-state index contributed by atoms with van der Waals surface area (Å²) in [4.78, 5) is 17.4. The number of hydrogen-bond donors (Lipinski definition) is 1. The molecule has 3 rings (SSSR count). The number of nitrogens with zero attached hydrogens (tertiary/aromatic N) is 3. The summed E-state index contributed by atoms with van der Waals surface area (Å²) in [5, 5.41) is 8.59. The van der Waals surface area contributed by atoms with Gasteiger partial charge in [0.2, 0.25) is 11.1 Å². The van der Waals surface area contributed by atoms with Gasteiger partial charge < -0.3 is 19.5 Å². The average molecular weight is 447 g/mol. The number of anilines is 1. The average Bonchev–Trinajstić information content (AvgIpc) is 3.16. The molecule has 1 aliphatic rings. The van der Waals surface area contributed by atoms with E-state index in [1.54, 1.807) is 16.4 Å². The van der Waals surface area contributed by atoms with E-state index in [2.05, 4.69) is 17.2 Å². The van der Waals surface area contributed by atoms with Crippen molar-refractivity contribution in [3.8, 4) is 11.5 Å². The van der Waals surface area contributed by atoms with Crippen molar-refractivity contribution in [2.24, 2.45) is 0 Å². The molecule has 31 heavy (non-hydrogen) atoms. The summed E-state index contributed by atoms with van der Waals surface area (Å²) in [5.41, 5.74) is 2.01. The van der Waals surface area contributed by atoms with Crippen LogP contribution in [0.2, 0.25) is 0 Å². The second-order valence-electron chi connectivity index (χ2n) is 6.99. The molecule has 0 fully saturated rings. The molecule has 1 N–H and O–H groups in total. The number of rotatable bonds is 10. The first kappa shape index (κ1) is 23.0. The molecule has 1 aromatic carbocycles. The van der Waals surface area contributed by atoms with Gasteiger partial charge >= 0.3 is 5.97 Å². The predicted octanol–water partition coefficient (Wildman–Crippen LogP) is 4.43. The number of methoxy groups -OCH3 is 1. The lowest BCUT2D eigenvalue weighted by atomic mass is 9.95. The van der Waals surface area contributed by atoms with Gasteiger partial charge in [0.05, 0.1) is 25.9 Å². The lowest BCUT2D eigenvalue weighted by molar-refractivity contribution is -0.136. The molecule has 0 amide bonds. The third-order valence-corrected chi connectivity index (χ3v) is 5.77. The number of allylic oxidation sites excluding steroid dienone is 1. The van der Waals surface area contributed by atoms with Crippen LogP contribution in [0, 0.1) is 0 Å². The van der Waals surface area contributed by atoms with Crippen molar-refractivity contribution in [1.82, 2.24) is 14.8 Å². The topological polar surface area (TPSA) is 87.5 Å². The zero-order chi connectivity index (χ0) is 22.4. The van der Waals surface area contributed by atoms with E-state index in [-0.39, 0.29) is 0 Å². The van der Waals surface area contributed by atoms with Crippen molar-refractivity contribution in [2.45, 2.75) is 51.7 Å². The minimum absolute atomic E-state index is 0.414. The molecular formula is C22H30N4O4S. The van der Waals surface area contributed by atoms with Gasteiger partial charge in [-0.3, -0.25) is 0 Å². The first-order valence-electron chi connectivity index (χ1n) is 10.6. The number of carbonyl (C=O) groups excluding carboxylic acids is 1. The first-order valence-corrected chi connectivity index (χ1v) is 11.6. The molecular weight excluding hydrogens is 416 g/mol. The molecule has 0 spiro atoms. The van der Waals surface area contributed by atoms with E-state index in [4.69, 9.17) is 19.3 Å². The van der Waals surface area contributed by atoms with Crippen molar-refractivity contribution in [2.75, 3.05) is 31.4 Å². The van der Waals surface area contributed by atoms with Crippen molar-refractivity contribution in [1.29, 1.82) is 0 Å². The molecule has 0 saturated carbocycles. The lowest BCUT2D eigenvalue weighted by Crippen LogP contribution is -2.29. The lowest BCUT2D eigenvalue weighted by Gasteiger charge is -2.28. The van der Waals surface area contributed by atoms with Gasteiger partial charge in [0.15, 0.2) is 11.5 Å². The number of unbranched alkanes of at least 4 members (excludes halogenated alkanes) is 1. The number of hydrogen-bond acceptors (Lipinski definition) is 8. The summed E-state index contributed by atoms with van der Waals surface area (Å²) in [6.07, 6.45) is 2.20. The summed E-state index contributed by atoms with van der Waals surface area (Å²) in [6.45, 7) is 8.89. The van der Waals surface area contributed by atoms with Crippen LogP contribution >= 0.6 is 11.8 Å². The van der Waals surface area contributed by atoms with Crippen LogP contribution < -0.4 is 14.8 Å². The normalized spacial score (nSPS) is 15.3. The van der Waals surface area contributed by atoms with E-state index in [1.807, 2.05) is 39.0 Å². The van der Waals surface area contributed by atoms with Gasteiger partial charge in [-0.1, -0.05) is 31.2 Å². The molecule has 0 bridgehead atoms. The van der Waals surface area contributed by atoms with Gasteiger partial charge in [-0.05, 0) is 44.9 Å². The first-order chi connectivity index (χ1) is 15.0. The highest BCUT2D eigenvalue weighted by atomic mass is 32.2. The number of ether oxygens (including phenoxy) is 3. The largest absolute Gasteiger partial charge is 0.490 e. The number of esters is 1. The number of aromatic nitrogens is 3. The molecule has 168 valence electrons. The highest BCUT2D eigenvalue weighted by Gasteiger charge is 2.35. The Morgan fingerprint density at radius 1 is 1.19 bits per heavy atom. The summed E-state index contributed by atoms with van der Waals surface area (Å²) in [6, 6.07) is 5.20. The van der Waals surface area contributed by atoms with Crippen molar-refractivity contribution in [3.63, 3.8) is 0 Å². The monoisotopic (exact) mass is 446 g/mol. The molecule has 9 heteroatoms. The smallest absolute Gasteiger partial charge is 0.338 e. The highest BCUT2D eigenvalue weighted by molar-refractivity contribution is 7.99. The Morgan fingerprint density at radius 3 is 2.61 bits per heavy atom. The van der Waals surface area contributed by atoms with Gasteiger partial charge in [-0.15, -0.1) is 5.10 Å². The second kappa shape index (κ2) is 10.6. The zero-order valence-corrected chi connectivity index (χ0v) is 19.5. The van der Waals surface area contributed by atoms with E-state index in [9.17, 15) is 4.79 Å². The van der Waals surface area contributed by atoms with E-state index in [0.29, 0.717) is 47.1 Å². The Labute approximate surface area is 187 Å². The Kier molecular flexibility index (Phi) is 7.84. The Hall–Kier alpha value is -2.68. The van der Waals surface area contributed by atoms with Crippen LogP contribution in [0.4, 0.5) is 5.95 Å². The Bertz CT molecular complexity index is 957. The minimum atomic E-state index is -0.494. The quantitative estimate of drug-likeness (QED) is 0.326. The van der Waals surface area contributed by atoms with E-state index in [1.165, 1.54) is 7.11 Å². The fraction of sp³-hybridized carbons (Fsp3) is 0.500. The number of thioether (sulfide) groups is 1. The summed E-state index contributed by atoms with van der Waals surface area (Å²) in [5.74, 6) is 2.42. The van der Waals surface area contributed by atoms with Crippen LogP contribution in [0.3, 0.4) is 0 Å². The van der Waals surface area contributed by atoms with E-state index in [0.717, 1.165) is 24.2 Å². The second-order valence-corrected chi connectivity index (χ2v) is 8.06. The maximum absolute atomic E-state index is 12.7. The summed E-state index contributed by atoms with van der Waals surface area (Å²) < 4.78 is 18.3. The summed E-state index contributed by atoms with van der Waals surface area (Å²) >= 11 is 1.61. The molecule has 1 aromatic heterocycles. The fourth-order valence-corrected chi connectivity index (χ4v) is 4.33. The number of fused-ring (bicyclic) bond motifs is 1. The molecule has 8 nitrogen and oxygen atoms in total. The van der Waals surface area contributed by atoms with Crippen LogP contribution in [0.5, 0.6) is 11.5 Å². The number of benzene rings is 1. The van der Waals surface area contributed by atoms with Gasteiger partial charge in [-0.25, -0.2) is 9.48 Å². The Morgan fingerprint density at radius 2 is 1.94 bits per heavy atom. The van der Waals surface area contributed by atoms with Crippen molar-refractivity contribution >= 4 is 23.7 Å². The number of carbonyl (C=O) groups is 1. The van der Waals surface area contributed by atoms with Gasteiger partial charge in [-0.2, -0.15) is 4.98 Å². The predicted molar refractivity (Wildman–Crippen MR) is 121 cm³/mol. The van der Waals surface area contributed by atoms with Crippen molar-refractivity contribution in [3.05, 3.63) is 35.0 Å². The van der Waals surface area contributed by atoms with Crippen LogP contribution in [0.25, 0.3) is 0 Å². The third-order valence-electron chi connectivity index (χ3n) is 4.85. The molecule has 2 aromatic rings. The molecule has 1 unspecified atom stereocenters. The molecule has 2 heterocycles. The van der Waals surface area contributed by atoms with Crippen LogP contribution in [-0.2, 0) is 9.53 Å². The highest BCUT2D eigenvalue weighted by Crippen LogP contribution is 2.39. The van der Waals surface area contributed by atoms with E-state index < -0.39 is 12.0 Å². The maximum atomic E-state index is 12.7. The SMILES string of the molecule is CCCCSc1nc2n(n1)C(c1ccc(OCC)c(OCC)c1)C(C(=O)OC)=C(C)N2. The van der Waals surface area contributed by atoms with Crippen LogP contribution in [0.15, 0.2) is 34.6 Å². The van der Waals surface area contributed by atoms with Gasteiger partial charge in [0, 0.05) is 11.4 Å². The van der Waals surface area contributed by atoms with Crippen LogP contribution in [-0.4, -0.2) is 46.8 Å². The third kappa shape index (κ3) is 4.98. The molecule has 0 aliphatic carbocycles. The van der Waals surface area contributed by atoms with Crippen molar-refractivity contribution < 1.29 is 19.0 Å². The minimum Gasteiger partial charge on any atom is -0.490 e. The van der Waals surface area contributed by atoms with E-state index >= 15 is 0 Å². The standard InChI is InChI=1S/C22H30N4O4S/c1-6-9-12-31-22-24-21-23-14(4)18(20(27)28-5)19(26(21)25-22)15-10-11-16(29-7-2)17(13-15)30-8-3/h10-11,13,19H,6-9,12H2,1-5H3,(H,23,24,25). The molecule has 1 atom stereocenters. The Balaban J connectivity index is 2.08. The molecule has 1 aliphatic heterocycles. The number of nitrogens with one attached hydrogen (secondary N) is 1.